The van der Waals surface area contributed by atoms with Gasteiger partial charge in [-0.2, -0.15) is 0 Å². The Balaban J connectivity index is 1.56. The second kappa shape index (κ2) is 7.14. The summed E-state index contributed by atoms with van der Waals surface area (Å²) in [4.78, 5) is 29.9. The molecule has 28 heavy (non-hydrogen) atoms. The number of hydrogen-bond donors (Lipinski definition) is 2. The number of aromatic nitrogens is 2. The quantitative estimate of drug-likeness (QED) is 0.683. The van der Waals surface area contributed by atoms with Crippen molar-refractivity contribution in [2.45, 2.75) is 32.2 Å². The summed E-state index contributed by atoms with van der Waals surface area (Å²) in [7, 11) is 0. The fourth-order valence-corrected chi connectivity index (χ4v) is 4.09. The molecule has 146 valence electrons. The van der Waals surface area contributed by atoms with Crippen LogP contribution in [0, 0.1) is 12.7 Å². The molecule has 1 aromatic heterocycles. The molecule has 2 heterocycles. The number of aryl methyl sites for hydroxylation is 1. The summed E-state index contributed by atoms with van der Waals surface area (Å²) >= 11 is 0. The molecule has 0 radical (unpaired) electrons. The van der Waals surface area contributed by atoms with Crippen molar-refractivity contribution in [3.63, 3.8) is 0 Å². The predicted octanol–water partition coefficient (Wildman–Crippen LogP) is 2.77. The van der Waals surface area contributed by atoms with E-state index in [2.05, 4.69) is 4.98 Å². The SMILES string of the molecule is Cc1cc(F)cc(CC(=O)N2CCC[C@H](n3c(=O)[nH]c4ccc(N)cc43)C2)c1. The lowest BCUT2D eigenvalue weighted by atomic mass is 10.0. The van der Waals surface area contributed by atoms with Crippen molar-refractivity contribution in [3.8, 4) is 0 Å². The lowest BCUT2D eigenvalue weighted by Gasteiger charge is -2.33. The van der Waals surface area contributed by atoms with Gasteiger partial charge in [0.2, 0.25) is 5.91 Å². The number of imidazole rings is 1. The number of piperidine rings is 1. The van der Waals surface area contributed by atoms with Crippen molar-refractivity contribution >= 4 is 22.6 Å². The van der Waals surface area contributed by atoms with Gasteiger partial charge >= 0.3 is 5.69 Å². The Morgan fingerprint density at radius 2 is 2.11 bits per heavy atom. The van der Waals surface area contributed by atoms with Crippen LogP contribution in [0.2, 0.25) is 0 Å². The smallest absolute Gasteiger partial charge is 0.326 e. The van der Waals surface area contributed by atoms with Gasteiger partial charge in [0.05, 0.1) is 23.5 Å². The molecule has 3 aromatic rings. The third-order valence-corrected chi connectivity index (χ3v) is 5.31. The number of hydrogen-bond acceptors (Lipinski definition) is 3. The minimum atomic E-state index is -0.331. The molecule has 1 aliphatic rings. The molecule has 1 saturated heterocycles. The summed E-state index contributed by atoms with van der Waals surface area (Å²) in [6, 6.07) is 9.88. The number of aromatic amines is 1. The number of rotatable bonds is 3. The number of nitrogens with two attached hydrogens (primary N) is 1. The van der Waals surface area contributed by atoms with E-state index in [-0.39, 0.29) is 29.9 Å². The van der Waals surface area contributed by atoms with Crippen LogP contribution in [-0.2, 0) is 11.2 Å². The van der Waals surface area contributed by atoms with Crippen molar-refractivity contribution in [2.75, 3.05) is 18.8 Å². The Hall–Kier alpha value is -3.09. The van der Waals surface area contributed by atoms with E-state index in [0.29, 0.717) is 24.3 Å². The number of fused-ring (bicyclic) bond motifs is 1. The van der Waals surface area contributed by atoms with Crippen molar-refractivity contribution in [1.29, 1.82) is 0 Å². The maximum absolute atomic E-state index is 13.6. The van der Waals surface area contributed by atoms with Crippen LogP contribution in [0.4, 0.5) is 10.1 Å². The predicted molar refractivity (Wildman–Crippen MR) is 107 cm³/mol. The van der Waals surface area contributed by atoms with Crippen LogP contribution in [0.1, 0.15) is 30.0 Å². The standard InChI is InChI=1S/C21H23FN4O2/c1-13-7-14(9-15(22)8-13)10-20(27)25-6-2-3-17(12-25)26-19-11-16(23)4-5-18(19)24-21(26)28/h4-5,7-9,11,17H,2-3,6,10,12,23H2,1H3,(H,24,28)/t17-/m0/s1. The van der Waals surface area contributed by atoms with E-state index in [1.54, 1.807) is 27.7 Å². The molecule has 3 N–H and O–H groups in total. The van der Waals surface area contributed by atoms with E-state index in [9.17, 15) is 14.0 Å². The molecule has 0 spiro atoms. The number of likely N-dealkylation sites (tertiary alicyclic amines) is 1. The maximum Gasteiger partial charge on any atom is 0.326 e. The Bertz CT molecular complexity index is 1080. The number of H-pyrrole nitrogens is 1. The molecular formula is C21H23FN4O2. The number of nitrogens with one attached hydrogen (secondary N) is 1. The first-order chi connectivity index (χ1) is 13.4. The molecule has 4 rings (SSSR count). The first-order valence-corrected chi connectivity index (χ1v) is 9.44. The highest BCUT2D eigenvalue weighted by Gasteiger charge is 2.27. The number of carbonyl (C=O) groups is 1. The van der Waals surface area contributed by atoms with Crippen LogP contribution in [0.25, 0.3) is 11.0 Å². The van der Waals surface area contributed by atoms with Gasteiger partial charge in [0.15, 0.2) is 0 Å². The molecule has 6 nitrogen and oxygen atoms in total. The zero-order valence-corrected chi connectivity index (χ0v) is 15.7. The van der Waals surface area contributed by atoms with Crippen molar-refractivity contribution in [2.24, 2.45) is 0 Å². The van der Waals surface area contributed by atoms with Crippen LogP contribution in [0.5, 0.6) is 0 Å². The van der Waals surface area contributed by atoms with E-state index < -0.39 is 0 Å². The molecule has 7 heteroatoms. The monoisotopic (exact) mass is 382 g/mol. The van der Waals surface area contributed by atoms with Crippen LogP contribution in [0.15, 0.2) is 41.2 Å². The van der Waals surface area contributed by atoms with Gasteiger partial charge in [-0.25, -0.2) is 9.18 Å². The summed E-state index contributed by atoms with van der Waals surface area (Å²) in [6.45, 7) is 2.90. The average Bonchev–Trinajstić information content (AvgIpc) is 2.96. The lowest BCUT2D eigenvalue weighted by molar-refractivity contribution is -0.132. The number of nitrogens with zero attached hydrogens (tertiary/aromatic N) is 2. The van der Waals surface area contributed by atoms with Crippen LogP contribution >= 0.6 is 0 Å². The first kappa shape index (κ1) is 18.3. The zero-order chi connectivity index (χ0) is 19.8. The third-order valence-electron chi connectivity index (χ3n) is 5.31. The van der Waals surface area contributed by atoms with Gasteiger partial charge < -0.3 is 15.6 Å². The number of amides is 1. The molecule has 0 saturated carbocycles. The van der Waals surface area contributed by atoms with E-state index in [1.807, 2.05) is 13.0 Å². The second-order valence-electron chi connectivity index (χ2n) is 7.53. The number of nitrogen functional groups attached to an aromatic ring is 1. The van der Waals surface area contributed by atoms with Crippen molar-refractivity contribution in [1.82, 2.24) is 14.5 Å². The Morgan fingerprint density at radius 1 is 1.29 bits per heavy atom. The topological polar surface area (TPSA) is 84.1 Å². The minimum Gasteiger partial charge on any atom is -0.399 e. The van der Waals surface area contributed by atoms with Gasteiger partial charge in [0, 0.05) is 18.8 Å². The molecule has 0 bridgehead atoms. The Labute approximate surface area is 161 Å². The van der Waals surface area contributed by atoms with Gasteiger partial charge in [0.25, 0.3) is 0 Å². The molecular weight excluding hydrogens is 359 g/mol. The van der Waals surface area contributed by atoms with E-state index in [0.717, 1.165) is 29.4 Å². The highest BCUT2D eigenvalue weighted by atomic mass is 19.1. The normalized spacial score (nSPS) is 17.2. The van der Waals surface area contributed by atoms with Crippen molar-refractivity contribution < 1.29 is 9.18 Å². The maximum atomic E-state index is 13.6. The molecule has 2 aromatic carbocycles. The fraction of sp³-hybridized carbons (Fsp3) is 0.333. The highest BCUT2D eigenvalue weighted by molar-refractivity contribution is 5.80. The van der Waals surface area contributed by atoms with E-state index >= 15 is 0 Å². The number of anilines is 1. The van der Waals surface area contributed by atoms with Gasteiger partial charge in [-0.3, -0.25) is 9.36 Å². The zero-order valence-electron chi connectivity index (χ0n) is 15.7. The average molecular weight is 382 g/mol. The number of benzene rings is 2. The molecule has 0 unspecified atom stereocenters. The van der Waals surface area contributed by atoms with Crippen molar-refractivity contribution in [3.05, 3.63) is 63.8 Å². The van der Waals surface area contributed by atoms with Gasteiger partial charge in [-0.05, 0) is 61.2 Å². The van der Waals surface area contributed by atoms with Crippen LogP contribution < -0.4 is 11.4 Å². The summed E-state index contributed by atoms with van der Waals surface area (Å²) in [5, 5.41) is 0. The molecule has 1 fully saturated rings. The Morgan fingerprint density at radius 3 is 2.89 bits per heavy atom. The number of carbonyl (C=O) groups excluding carboxylic acids is 1. The Kier molecular flexibility index (Phi) is 4.66. The number of halogens is 1. The minimum absolute atomic E-state index is 0.0536. The second-order valence-corrected chi connectivity index (χ2v) is 7.53. The van der Waals surface area contributed by atoms with Crippen LogP contribution in [0.3, 0.4) is 0 Å². The molecule has 1 atom stereocenters. The van der Waals surface area contributed by atoms with Gasteiger partial charge in [0.1, 0.15) is 5.82 Å². The summed E-state index contributed by atoms with van der Waals surface area (Å²) in [5.41, 5.74) is 9.24. The van der Waals surface area contributed by atoms with Gasteiger partial charge in [-0.15, -0.1) is 0 Å². The largest absolute Gasteiger partial charge is 0.399 e. The first-order valence-electron chi connectivity index (χ1n) is 9.44. The summed E-state index contributed by atoms with van der Waals surface area (Å²) < 4.78 is 15.3. The van der Waals surface area contributed by atoms with Crippen LogP contribution in [-0.4, -0.2) is 33.4 Å². The molecule has 0 aliphatic carbocycles. The fourth-order valence-electron chi connectivity index (χ4n) is 4.09. The van der Waals surface area contributed by atoms with E-state index in [1.165, 1.54) is 12.1 Å². The molecule has 1 amide bonds. The van der Waals surface area contributed by atoms with Gasteiger partial charge in [-0.1, -0.05) is 6.07 Å². The summed E-state index contributed by atoms with van der Waals surface area (Å²) in [6.07, 6.45) is 1.77. The summed E-state index contributed by atoms with van der Waals surface area (Å²) in [5.74, 6) is -0.385. The lowest BCUT2D eigenvalue weighted by Crippen LogP contribution is -2.43. The third kappa shape index (κ3) is 3.52. The highest BCUT2D eigenvalue weighted by Crippen LogP contribution is 2.25. The van der Waals surface area contributed by atoms with E-state index in [4.69, 9.17) is 5.73 Å². The molecule has 1 aliphatic heterocycles.